The van der Waals surface area contributed by atoms with Crippen LogP contribution in [0.15, 0.2) is 6.07 Å². The Labute approximate surface area is 112 Å². The molecular weight excluding hydrogens is 260 g/mol. The Morgan fingerprint density at radius 3 is 1.94 bits per heavy atom. The molecule has 0 radical (unpaired) electrons. The Hall–Kier alpha value is -0.886. The molecule has 0 atom stereocenters. The molecule has 1 heterocycles. The fraction of sp³-hybridized carbons (Fsp3) is 0.667. The highest BCUT2D eigenvalue weighted by molar-refractivity contribution is 6.70. The molecule has 1 aromatic heterocycles. The van der Waals surface area contributed by atoms with Crippen molar-refractivity contribution in [1.29, 1.82) is 0 Å². The van der Waals surface area contributed by atoms with Gasteiger partial charge in [0.25, 0.3) is 8.32 Å². The molecule has 4 nitrogen and oxygen atoms in total. The Kier molecular flexibility index (Phi) is 4.22. The van der Waals surface area contributed by atoms with Crippen LogP contribution in [-0.4, -0.2) is 21.6 Å². The first kappa shape index (κ1) is 15.2. The molecular formula is C12H25N2O2Si2+. The van der Waals surface area contributed by atoms with Gasteiger partial charge in [-0.3, -0.25) is 0 Å². The molecule has 0 bridgehead atoms. The third-order valence-corrected chi connectivity index (χ3v) is 3.78. The van der Waals surface area contributed by atoms with E-state index in [0.717, 1.165) is 5.69 Å². The molecule has 0 spiro atoms. The number of aryl methyl sites for hydroxylation is 1. The van der Waals surface area contributed by atoms with Crippen LogP contribution in [0.25, 0.3) is 0 Å². The molecule has 0 saturated heterocycles. The average Bonchev–Trinajstić information content (AvgIpc) is 2.08. The summed E-state index contributed by atoms with van der Waals surface area (Å²) in [6.07, 6.45) is 0. The number of hydrogen-bond donors (Lipinski definition) is 0. The van der Waals surface area contributed by atoms with Crippen molar-refractivity contribution in [2.45, 2.75) is 46.2 Å². The third kappa shape index (κ3) is 4.77. The summed E-state index contributed by atoms with van der Waals surface area (Å²) in [6, 6.07) is 2.62. The van der Waals surface area contributed by atoms with E-state index in [0.29, 0.717) is 11.9 Å². The summed E-state index contributed by atoms with van der Waals surface area (Å²) in [5, 5.41) is 0. The second kappa shape index (κ2) is 5.01. The van der Waals surface area contributed by atoms with E-state index in [-0.39, 0.29) is 0 Å². The van der Waals surface area contributed by atoms with E-state index in [4.69, 9.17) is 8.85 Å². The van der Waals surface area contributed by atoms with Crippen LogP contribution in [0, 0.1) is 6.92 Å². The van der Waals surface area contributed by atoms with Crippen molar-refractivity contribution >= 4 is 16.6 Å². The van der Waals surface area contributed by atoms with Crippen molar-refractivity contribution in [1.82, 2.24) is 4.98 Å². The Morgan fingerprint density at radius 2 is 1.50 bits per heavy atom. The van der Waals surface area contributed by atoms with Gasteiger partial charge in [-0.1, -0.05) is 0 Å². The SMILES string of the molecule is Cc1cc(O[Si](C)(C)C)nc(O[Si](C)(C)C)[n+]1C. The summed E-state index contributed by atoms with van der Waals surface area (Å²) >= 11 is 0. The van der Waals surface area contributed by atoms with Gasteiger partial charge in [0.05, 0.1) is 13.1 Å². The molecule has 0 aliphatic carbocycles. The molecule has 0 aromatic carbocycles. The monoisotopic (exact) mass is 285 g/mol. The van der Waals surface area contributed by atoms with Gasteiger partial charge >= 0.3 is 11.9 Å². The minimum atomic E-state index is -1.66. The molecule has 0 fully saturated rings. The van der Waals surface area contributed by atoms with Crippen LogP contribution >= 0.6 is 0 Å². The second-order valence-electron chi connectivity index (χ2n) is 6.51. The average molecular weight is 286 g/mol. The molecule has 1 rings (SSSR count). The summed E-state index contributed by atoms with van der Waals surface area (Å²) in [6.45, 7) is 14.9. The predicted octanol–water partition coefficient (Wildman–Crippen LogP) is 2.64. The molecule has 0 aliphatic rings. The van der Waals surface area contributed by atoms with Gasteiger partial charge in [0.1, 0.15) is 5.69 Å². The van der Waals surface area contributed by atoms with E-state index in [1.54, 1.807) is 0 Å². The molecule has 0 aliphatic heterocycles. The molecule has 6 heteroatoms. The Balaban J connectivity index is 3.11. The molecule has 0 amide bonds. The minimum absolute atomic E-state index is 0.655. The van der Waals surface area contributed by atoms with Gasteiger partial charge in [-0.15, -0.1) is 0 Å². The number of aromatic nitrogens is 2. The lowest BCUT2D eigenvalue weighted by atomic mass is 10.4. The summed E-state index contributed by atoms with van der Waals surface area (Å²) in [7, 11) is -1.33. The summed E-state index contributed by atoms with van der Waals surface area (Å²) in [5.74, 6) is 0.679. The van der Waals surface area contributed by atoms with Crippen LogP contribution < -0.4 is 13.4 Å². The third-order valence-electron chi connectivity index (χ3n) is 2.16. The van der Waals surface area contributed by atoms with Crippen molar-refractivity contribution in [3.05, 3.63) is 11.8 Å². The lowest BCUT2D eigenvalue weighted by Crippen LogP contribution is -2.42. The minimum Gasteiger partial charge on any atom is -0.514 e. The van der Waals surface area contributed by atoms with Crippen molar-refractivity contribution in [3.8, 4) is 11.9 Å². The Bertz CT molecular complexity index is 437. The zero-order valence-electron chi connectivity index (χ0n) is 12.8. The predicted molar refractivity (Wildman–Crippen MR) is 78.1 cm³/mol. The molecule has 0 N–H and O–H groups in total. The van der Waals surface area contributed by atoms with E-state index < -0.39 is 16.6 Å². The first-order chi connectivity index (χ1) is 7.98. The number of hydrogen-bond acceptors (Lipinski definition) is 3. The van der Waals surface area contributed by atoms with Crippen molar-refractivity contribution in [3.63, 3.8) is 0 Å². The highest BCUT2D eigenvalue weighted by Crippen LogP contribution is 2.18. The zero-order valence-corrected chi connectivity index (χ0v) is 14.8. The fourth-order valence-corrected chi connectivity index (χ4v) is 2.82. The van der Waals surface area contributed by atoms with Crippen molar-refractivity contribution in [2.24, 2.45) is 7.05 Å². The van der Waals surface area contributed by atoms with E-state index in [1.807, 2.05) is 24.6 Å². The maximum Gasteiger partial charge on any atom is 0.488 e. The largest absolute Gasteiger partial charge is 0.514 e. The van der Waals surface area contributed by atoms with Crippen LogP contribution in [-0.2, 0) is 7.05 Å². The van der Waals surface area contributed by atoms with Crippen LogP contribution in [0.4, 0.5) is 0 Å². The molecule has 1 aromatic rings. The van der Waals surface area contributed by atoms with E-state index in [2.05, 4.69) is 44.3 Å². The highest BCUT2D eigenvalue weighted by Gasteiger charge is 2.28. The Morgan fingerprint density at radius 1 is 1.00 bits per heavy atom. The van der Waals surface area contributed by atoms with E-state index >= 15 is 0 Å². The molecule has 0 saturated carbocycles. The lowest BCUT2D eigenvalue weighted by molar-refractivity contribution is -0.684. The standard InChI is InChI=1S/C12H25N2O2Si2/c1-10-9-11(15-17(3,4)5)13-12(14(10)2)16-18(6,7)8/h9H,1-8H3/q+1. The lowest BCUT2D eigenvalue weighted by Gasteiger charge is -2.18. The van der Waals surface area contributed by atoms with Gasteiger partial charge in [-0.2, -0.15) is 4.57 Å². The number of nitrogens with zero attached hydrogens (tertiary/aromatic N) is 2. The number of rotatable bonds is 4. The summed E-state index contributed by atoms with van der Waals surface area (Å²) in [4.78, 5) is 4.49. The summed E-state index contributed by atoms with van der Waals surface area (Å²) in [5.41, 5.74) is 1.09. The quantitative estimate of drug-likeness (QED) is 0.630. The van der Waals surface area contributed by atoms with Crippen LogP contribution in [0.3, 0.4) is 0 Å². The zero-order chi connectivity index (χ0) is 14.1. The normalized spacial score (nSPS) is 12.4. The topological polar surface area (TPSA) is 35.2 Å². The highest BCUT2D eigenvalue weighted by atomic mass is 28.4. The van der Waals surface area contributed by atoms with Gasteiger partial charge < -0.3 is 8.85 Å². The van der Waals surface area contributed by atoms with Crippen LogP contribution in [0.2, 0.25) is 39.3 Å². The van der Waals surface area contributed by atoms with Crippen LogP contribution in [0.5, 0.6) is 11.9 Å². The van der Waals surface area contributed by atoms with Crippen molar-refractivity contribution in [2.75, 3.05) is 0 Å². The maximum absolute atomic E-state index is 5.99. The molecule has 18 heavy (non-hydrogen) atoms. The first-order valence-corrected chi connectivity index (χ1v) is 13.1. The van der Waals surface area contributed by atoms with Gasteiger partial charge in [-0.25, -0.2) is 0 Å². The van der Waals surface area contributed by atoms with Crippen LogP contribution in [0.1, 0.15) is 5.69 Å². The van der Waals surface area contributed by atoms with Crippen molar-refractivity contribution < 1.29 is 13.4 Å². The van der Waals surface area contributed by atoms with E-state index in [1.165, 1.54) is 0 Å². The molecule has 102 valence electrons. The maximum atomic E-state index is 5.99. The van der Waals surface area contributed by atoms with Gasteiger partial charge in [0.2, 0.25) is 8.32 Å². The van der Waals surface area contributed by atoms with Gasteiger partial charge in [-0.05, 0) is 46.2 Å². The molecule has 0 unspecified atom stereocenters. The van der Waals surface area contributed by atoms with Gasteiger partial charge in [0, 0.05) is 4.98 Å². The summed E-state index contributed by atoms with van der Waals surface area (Å²) < 4.78 is 13.9. The van der Waals surface area contributed by atoms with E-state index in [9.17, 15) is 0 Å². The fourth-order valence-electron chi connectivity index (χ4n) is 1.36. The second-order valence-corrected chi connectivity index (χ2v) is 15.4. The first-order valence-electron chi connectivity index (χ1n) is 6.24. The smallest absolute Gasteiger partial charge is 0.488 e. The van der Waals surface area contributed by atoms with Gasteiger partial charge in [0.15, 0.2) is 0 Å².